The number of benzene rings is 9. The summed E-state index contributed by atoms with van der Waals surface area (Å²) in [5, 5.41) is 7.61. The SMILES string of the molecule is CO[Si](COCCNC(=O)C(Cc1ccncc1)N1C(=O)c2cc(Oc3ccccc3)c3c4c(Oc5ccccc5)cc5c6c(cc(Oc7ccccc7)c(c7c(Oc8ccccc8)cc(c2c37)C1=O)c64)C(=O)N(C(Cc1ccncc1)C(=O)NCCOC[Si](OC)(OC)OC)C5=O)(OC)OC. The van der Waals surface area contributed by atoms with Crippen LogP contribution in [0.5, 0.6) is 46.0 Å². The number of fused-ring (bicyclic) bond motifs is 2. The topological polar surface area (TPSA) is 270 Å². The number of aromatic nitrogens is 2. The molecule has 6 amide bonds. The van der Waals surface area contributed by atoms with E-state index in [0.717, 1.165) is 9.80 Å². The third kappa shape index (κ3) is 13.7. The number of pyridine rings is 2. The van der Waals surface area contributed by atoms with Crippen LogP contribution in [0, 0.1) is 0 Å². The first-order chi connectivity index (χ1) is 49.7. The van der Waals surface area contributed by atoms with Crippen molar-refractivity contribution in [2.45, 2.75) is 24.9 Å². The molecule has 0 spiro atoms. The summed E-state index contributed by atoms with van der Waals surface area (Å²) < 4.78 is 73.4. The Morgan fingerprint density at radius 1 is 0.373 bits per heavy atom. The van der Waals surface area contributed by atoms with Crippen LogP contribution in [0.3, 0.4) is 0 Å². The number of carbonyl (C=O) groups excluding carboxylic acids is 6. The molecule has 9 aromatic carbocycles. The molecule has 2 aromatic heterocycles. The van der Waals surface area contributed by atoms with Crippen LogP contribution in [0.4, 0.5) is 0 Å². The summed E-state index contributed by atoms with van der Waals surface area (Å²) in [5.41, 5.74) is 1.01. The number of para-hydroxylation sites is 4. The lowest BCUT2D eigenvalue weighted by Crippen LogP contribution is -2.55. The molecule has 0 radical (unpaired) electrons. The maximum Gasteiger partial charge on any atom is 0.527 e. The maximum absolute atomic E-state index is 16.3. The normalized spacial score (nSPS) is 13.7. The highest BCUT2D eigenvalue weighted by Gasteiger charge is 2.47. The summed E-state index contributed by atoms with van der Waals surface area (Å²) >= 11 is 0. The van der Waals surface area contributed by atoms with Crippen LogP contribution in [0.15, 0.2) is 195 Å². The van der Waals surface area contributed by atoms with Crippen molar-refractivity contribution in [1.29, 1.82) is 0 Å². The van der Waals surface area contributed by atoms with E-state index >= 15 is 28.8 Å². The van der Waals surface area contributed by atoms with Gasteiger partial charge in [0.05, 0.1) is 35.5 Å². The molecule has 2 aliphatic heterocycles. The Morgan fingerprint density at radius 3 is 0.892 bits per heavy atom. The van der Waals surface area contributed by atoms with Gasteiger partial charge in [-0.2, -0.15) is 0 Å². The Morgan fingerprint density at radius 2 is 0.637 bits per heavy atom. The Kier molecular flexibility index (Phi) is 20.8. The molecule has 2 aliphatic rings. The van der Waals surface area contributed by atoms with Gasteiger partial charge in [-0.3, -0.25) is 48.5 Å². The minimum absolute atomic E-state index is 0.0251. The van der Waals surface area contributed by atoms with E-state index in [9.17, 15) is 0 Å². The third-order valence-corrected chi connectivity index (χ3v) is 22.8. The van der Waals surface area contributed by atoms with Crippen molar-refractivity contribution < 1.29 is 83.7 Å². The van der Waals surface area contributed by atoms with Gasteiger partial charge in [-0.1, -0.05) is 72.8 Å². The summed E-state index contributed by atoms with van der Waals surface area (Å²) in [4.78, 5) is 106. The average Bonchev–Trinajstić information content (AvgIpc) is 0.671. The Hall–Kier alpha value is -10.9. The number of hydrogen-bond donors (Lipinski definition) is 2. The number of hydrogen-bond acceptors (Lipinski definition) is 20. The van der Waals surface area contributed by atoms with Crippen LogP contribution < -0.4 is 29.6 Å². The molecule has 520 valence electrons. The second kappa shape index (κ2) is 30.5. The molecule has 0 aliphatic carbocycles. The molecule has 2 N–H and O–H groups in total. The molecule has 11 aromatic rings. The zero-order chi connectivity index (χ0) is 71.1. The molecule has 26 heteroatoms. The molecule has 0 bridgehead atoms. The van der Waals surface area contributed by atoms with E-state index in [0.29, 0.717) is 34.1 Å². The fourth-order valence-corrected chi connectivity index (χ4v) is 15.5. The van der Waals surface area contributed by atoms with E-state index in [1.807, 2.05) is 24.3 Å². The summed E-state index contributed by atoms with van der Waals surface area (Å²) in [5.74, 6) is -3.27. The number of amides is 6. The van der Waals surface area contributed by atoms with E-state index in [1.165, 1.54) is 66.9 Å². The van der Waals surface area contributed by atoms with Gasteiger partial charge in [-0.25, -0.2) is 0 Å². The van der Waals surface area contributed by atoms with Crippen molar-refractivity contribution in [1.82, 2.24) is 30.4 Å². The van der Waals surface area contributed by atoms with Crippen molar-refractivity contribution in [3.8, 4) is 46.0 Å². The first-order valence-corrected chi connectivity index (χ1v) is 36.4. The number of ether oxygens (including phenoxy) is 6. The Bertz CT molecular complexity index is 4380. The van der Waals surface area contributed by atoms with Gasteiger partial charge in [0.1, 0.15) is 70.5 Å². The molecule has 2 atom stereocenters. The highest BCUT2D eigenvalue weighted by Crippen LogP contribution is 2.58. The fourth-order valence-electron chi connectivity index (χ4n) is 13.0. The quantitative estimate of drug-likeness (QED) is 0.0130. The molecule has 102 heavy (non-hydrogen) atoms. The molecule has 2 unspecified atom stereocenters. The number of imide groups is 2. The van der Waals surface area contributed by atoms with E-state index in [-0.39, 0.29) is 140 Å². The highest BCUT2D eigenvalue weighted by atomic mass is 28.4. The van der Waals surface area contributed by atoms with E-state index in [1.54, 1.807) is 146 Å². The standard InChI is InChI=1S/C76H70N6O18Si2/c1-89-101(90-2,91-3)45-95-37-35-79-71(83)57(39-47-27-31-77-32-28-47)81-73(85)53-41-59(97-49-19-11-7-12-20-49)65-67-61(99-51-23-15-9-16-24-51)43-55-64-56(76(88)82(75(55)87)58(40-48-29-33-78-34-30-48)72(84)80-36-38-96-46-102(92-4,93-5)94-6)44-62(100-52-25-17-10-18-26-52)68(70(64)67)66-60(98-50-21-13-8-14-22-50)42-54(74(81)86)63(53)69(65)66/h7-34,41-44,57-58H,35-40,45-46H2,1-6H3,(H,79,83)(H,80,84). The molecule has 4 heterocycles. The Labute approximate surface area is 587 Å². The second-order valence-electron chi connectivity index (χ2n) is 23.7. The number of carbonyl (C=O) groups is 6. The minimum Gasteiger partial charge on any atom is -0.457 e. The average molecular weight is 1410 g/mol. The second-order valence-corrected chi connectivity index (χ2v) is 29.5. The largest absolute Gasteiger partial charge is 0.527 e. The Balaban J connectivity index is 1.07. The summed E-state index contributed by atoms with van der Waals surface area (Å²) in [6.45, 7) is -0.166. The first kappa shape index (κ1) is 69.6. The molecular weight excluding hydrogens is 1340 g/mol. The van der Waals surface area contributed by atoms with Gasteiger partial charge in [0.2, 0.25) is 11.8 Å². The molecule has 0 saturated heterocycles. The first-order valence-electron chi connectivity index (χ1n) is 32.6. The van der Waals surface area contributed by atoms with Crippen LogP contribution in [-0.2, 0) is 58.5 Å². The van der Waals surface area contributed by atoms with Crippen molar-refractivity contribution >= 4 is 96.1 Å². The van der Waals surface area contributed by atoms with Gasteiger partial charge in [0.25, 0.3) is 23.6 Å². The van der Waals surface area contributed by atoms with E-state index < -0.39 is 65.1 Å². The van der Waals surface area contributed by atoms with Crippen molar-refractivity contribution in [3.63, 3.8) is 0 Å². The van der Waals surface area contributed by atoms with Crippen LogP contribution in [-0.4, -0.2) is 166 Å². The van der Waals surface area contributed by atoms with Crippen LogP contribution in [0.2, 0.25) is 0 Å². The van der Waals surface area contributed by atoms with Crippen LogP contribution in [0.1, 0.15) is 52.6 Å². The molecule has 13 rings (SSSR count). The van der Waals surface area contributed by atoms with Gasteiger partial charge in [0.15, 0.2) is 0 Å². The smallest absolute Gasteiger partial charge is 0.457 e. The molecule has 0 fully saturated rings. The van der Waals surface area contributed by atoms with E-state index in [4.69, 9.17) is 55.0 Å². The lowest BCUT2D eigenvalue weighted by atomic mass is 9.80. The number of rotatable bonds is 32. The molecule has 24 nitrogen and oxygen atoms in total. The number of nitrogens with one attached hydrogen (secondary N) is 2. The lowest BCUT2D eigenvalue weighted by Gasteiger charge is -2.36. The number of nitrogens with zero attached hydrogens (tertiary/aromatic N) is 4. The van der Waals surface area contributed by atoms with Crippen LogP contribution in [0.25, 0.3) is 43.1 Å². The highest BCUT2D eigenvalue weighted by molar-refractivity contribution is 6.60. The maximum atomic E-state index is 16.3. The summed E-state index contributed by atoms with van der Waals surface area (Å²) in [6.07, 6.45) is 5.85. The predicted molar refractivity (Wildman–Crippen MR) is 379 cm³/mol. The van der Waals surface area contributed by atoms with Crippen molar-refractivity contribution in [3.05, 3.63) is 228 Å². The minimum atomic E-state index is -3.18. The molecule has 0 saturated carbocycles. The monoisotopic (exact) mass is 1410 g/mol. The van der Waals surface area contributed by atoms with Gasteiger partial charge in [0, 0.05) is 136 Å². The third-order valence-electron chi connectivity index (χ3n) is 17.9. The zero-order valence-corrected chi connectivity index (χ0v) is 58.4. The zero-order valence-electron chi connectivity index (χ0n) is 56.4. The lowest BCUT2D eigenvalue weighted by molar-refractivity contribution is -0.125. The van der Waals surface area contributed by atoms with E-state index in [2.05, 4.69) is 20.6 Å². The van der Waals surface area contributed by atoms with Gasteiger partial charge in [-0.15, -0.1) is 0 Å². The van der Waals surface area contributed by atoms with Crippen molar-refractivity contribution in [2.24, 2.45) is 0 Å². The van der Waals surface area contributed by atoms with Crippen LogP contribution >= 0.6 is 0 Å². The van der Waals surface area contributed by atoms with Gasteiger partial charge < -0.3 is 65.6 Å². The van der Waals surface area contributed by atoms with Crippen molar-refractivity contribution in [2.75, 3.05) is 81.4 Å². The predicted octanol–water partition coefficient (Wildman–Crippen LogP) is 11.2. The molecular formula is C76H70N6O18Si2. The summed E-state index contributed by atoms with van der Waals surface area (Å²) in [7, 11) is 2.37. The summed E-state index contributed by atoms with van der Waals surface area (Å²) in [6, 6.07) is 45.3. The van der Waals surface area contributed by atoms with Gasteiger partial charge >= 0.3 is 17.6 Å². The van der Waals surface area contributed by atoms with Gasteiger partial charge in [-0.05, 0) is 108 Å². The fraction of sp³-hybridized carbons (Fsp3) is 0.211.